The van der Waals surface area contributed by atoms with Gasteiger partial charge in [0, 0.05) is 78.5 Å². The van der Waals surface area contributed by atoms with Crippen molar-refractivity contribution in [2.75, 3.05) is 81.3 Å². The molecule has 0 aromatic heterocycles. The smallest absolute Gasteiger partial charge is 0.110 e. The minimum atomic E-state index is -0.0988. The van der Waals surface area contributed by atoms with Gasteiger partial charge in [0.05, 0.1) is 99.7 Å². The number of hydrogen-bond acceptors (Lipinski definition) is 16. The van der Waals surface area contributed by atoms with Crippen molar-refractivity contribution >= 4 is 0 Å². The van der Waals surface area contributed by atoms with Crippen molar-refractivity contribution in [3.63, 3.8) is 0 Å². The van der Waals surface area contributed by atoms with E-state index in [0.29, 0.717) is 26.4 Å². The maximum Gasteiger partial charge on any atom is 0.110 e. The van der Waals surface area contributed by atoms with Gasteiger partial charge in [0.2, 0.25) is 0 Å². The van der Waals surface area contributed by atoms with Crippen molar-refractivity contribution in [2.24, 2.45) is 23.7 Å². The second-order valence-corrected chi connectivity index (χ2v) is 17.3. The van der Waals surface area contributed by atoms with Gasteiger partial charge in [-0.05, 0) is 81.6 Å². The summed E-state index contributed by atoms with van der Waals surface area (Å²) >= 11 is 0. The molecule has 16 heteroatoms. The molecule has 20 atom stereocenters. The van der Waals surface area contributed by atoms with Crippen LogP contribution < -0.4 is 0 Å². The highest BCUT2D eigenvalue weighted by Gasteiger charge is 2.46. The summed E-state index contributed by atoms with van der Waals surface area (Å²) in [4.78, 5) is 0. The number of aliphatic hydroxyl groups excluding tert-OH is 4. The van der Waals surface area contributed by atoms with E-state index in [1.807, 2.05) is 62.3 Å². The van der Waals surface area contributed by atoms with E-state index in [9.17, 15) is 20.4 Å². The zero-order valence-electron chi connectivity index (χ0n) is 42.0. The summed E-state index contributed by atoms with van der Waals surface area (Å²) in [5.41, 5.74) is 0. The summed E-state index contributed by atoms with van der Waals surface area (Å²) in [5, 5.41) is 37.6. The minimum Gasteiger partial charge on any atom is -0.396 e. The Bertz CT molecular complexity index is 946. The molecule has 4 aliphatic rings. The van der Waals surface area contributed by atoms with Crippen molar-refractivity contribution in [2.45, 2.75) is 200 Å². The van der Waals surface area contributed by atoms with Crippen LogP contribution >= 0.6 is 0 Å². The Hall–Kier alpha value is -0.640. The normalized spacial score (nSPS) is 40.4. The van der Waals surface area contributed by atoms with Gasteiger partial charge in [0.15, 0.2) is 0 Å². The number of hydrogen-bond donors (Lipinski definition) is 4. The molecule has 0 bridgehead atoms. The zero-order valence-corrected chi connectivity index (χ0v) is 42.0. The van der Waals surface area contributed by atoms with Gasteiger partial charge in [-0.15, -0.1) is 0 Å². The Morgan fingerprint density at radius 1 is 0.317 bits per heavy atom. The molecule has 4 saturated heterocycles. The number of aliphatic hydroxyl groups is 4. The van der Waals surface area contributed by atoms with Crippen LogP contribution in [0.3, 0.4) is 0 Å². The molecule has 0 aromatic rings. The molecule has 0 aromatic carbocycles. The standard InChI is InChI=1S/3C12H24O4.C11H22O4/c3*1-5-6-15-12-10(7-13)8(2)16-9(3)11(12)14-4;1-5-14-11-9(6-12)7(2)15-8(3)10(11)13-4/h3*8-13H,5-7H2,1-4H3;7-12H,5-6H2,1-4H3/t8?,9-,10-,11-,12-;8-,9+,10+,11+,12+;8-,9-,10-,11-,12-;7-,8-,9-,10-,11-/m0100/s1. The highest BCUT2D eigenvalue weighted by molar-refractivity contribution is 4.93. The van der Waals surface area contributed by atoms with Gasteiger partial charge in [-0.2, -0.15) is 0 Å². The van der Waals surface area contributed by atoms with Crippen LogP contribution in [0.1, 0.15) is 102 Å². The molecule has 378 valence electrons. The zero-order chi connectivity index (χ0) is 47.8. The molecule has 4 rings (SSSR count). The molecule has 4 aliphatic heterocycles. The van der Waals surface area contributed by atoms with Crippen LogP contribution in [0, 0.1) is 23.7 Å². The molecule has 0 amide bonds. The largest absolute Gasteiger partial charge is 0.396 e. The molecular weight excluding hydrogens is 821 g/mol. The molecule has 0 saturated carbocycles. The second-order valence-electron chi connectivity index (χ2n) is 17.3. The fourth-order valence-corrected chi connectivity index (χ4v) is 9.32. The predicted molar refractivity (Wildman–Crippen MR) is 241 cm³/mol. The first kappa shape index (κ1) is 60.4. The number of ether oxygens (including phenoxy) is 12. The van der Waals surface area contributed by atoms with E-state index in [4.69, 9.17) is 56.8 Å². The molecule has 0 aliphatic carbocycles. The SMILES string of the molecule is CCCO[C@@H]1[C@@H](OC)[C@H](C)OC(C)[C@@H]1CO.CCCO[C@H]1[C@@H](CO)[C@@H](C)O[C@@H](C)[C@@H]1OC.CCCO[C@H]1[C@@H](CO)[C@H](C)O[C@@H](C)[C@@H]1OC.CCO[C@H]1[C@@H](CO)[C@H](C)O[C@@H](C)[C@@H]1OC. The molecule has 0 spiro atoms. The molecule has 4 N–H and O–H groups in total. The van der Waals surface area contributed by atoms with Crippen LogP contribution in [0.4, 0.5) is 0 Å². The van der Waals surface area contributed by atoms with Gasteiger partial charge in [0.25, 0.3) is 0 Å². The van der Waals surface area contributed by atoms with E-state index in [2.05, 4.69) is 20.8 Å². The summed E-state index contributed by atoms with van der Waals surface area (Å²) in [6.45, 7) is 27.0. The Kier molecular flexibility index (Phi) is 31.6. The van der Waals surface area contributed by atoms with Crippen molar-refractivity contribution in [3.8, 4) is 0 Å². The lowest BCUT2D eigenvalue weighted by molar-refractivity contribution is -0.219. The molecular formula is C47H94O16. The van der Waals surface area contributed by atoms with E-state index in [0.717, 1.165) is 19.3 Å². The summed E-state index contributed by atoms with van der Waals surface area (Å²) < 4.78 is 67.7. The lowest BCUT2D eigenvalue weighted by Crippen LogP contribution is -2.55. The molecule has 4 fully saturated rings. The Balaban J connectivity index is 0.000000420. The first-order chi connectivity index (χ1) is 30.1. The summed E-state index contributed by atoms with van der Waals surface area (Å²) in [6.07, 6.45) is 2.25. The Morgan fingerprint density at radius 2 is 0.524 bits per heavy atom. The van der Waals surface area contributed by atoms with Gasteiger partial charge >= 0.3 is 0 Å². The molecule has 0 radical (unpaired) electrons. The first-order valence-corrected chi connectivity index (χ1v) is 23.7. The Morgan fingerprint density at radius 3 is 0.683 bits per heavy atom. The van der Waals surface area contributed by atoms with E-state index in [-0.39, 0.29) is 148 Å². The van der Waals surface area contributed by atoms with E-state index < -0.39 is 0 Å². The summed E-state index contributed by atoms with van der Waals surface area (Å²) in [6, 6.07) is 0. The average Bonchev–Trinajstić information content (AvgIpc) is 3.25. The van der Waals surface area contributed by atoms with Crippen LogP contribution in [0.25, 0.3) is 0 Å². The monoisotopic (exact) mass is 915 g/mol. The fraction of sp³-hybridized carbons (Fsp3) is 1.00. The Labute approximate surface area is 381 Å². The van der Waals surface area contributed by atoms with Gasteiger partial charge in [0.1, 0.15) is 24.4 Å². The van der Waals surface area contributed by atoms with Crippen LogP contribution in [0.15, 0.2) is 0 Å². The highest BCUT2D eigenvalue weighted by Crippen LogP contribution is 2.33. The van der Waals surface area contributed by atoms with Crippen LogP contribution in [0.5, 0.6) is 0 Å². The molecule has 63 heavy (non-hydrogen) atoms. The van der Waals surface area contributed by atoms with Crippen LogP contribution in [-0.2, 0) is 56.8 Å². The third-order valence-corrected chi connectivity index (χ3v) is 12.8. The number of methoxy groups -OCH3 is 4. The van der Waals surface area contributed by atoms with Crippen molar-refractivity contribution in [1.29, 1.82) is 0 Å². The quantitative estimate of drug-likeness (QED) is 0.142. The summed E-state index contributed by atoms with van der Waals surface area (Å²) in [7, 11) is 6.65. The van der Waals surface area contributed by atoms with Crippen LogP contribution in [-0.4, -0.2) is 199 Å². The minimum absolute atomic E-state index is 0.00403. The third-order valence-electron chi connectivity index (χ3n) is 12.8. The van der Waals surface area contributed by atoms with E-state index in [1.165, 1.54) is 0 Å². The predicted octanol–water partition coefficient (Wildman–Crippen LogP) is 4.46. The molecule has 16 nitrogen and oxygen atoms in total. The average molecular weight is 915 g/mol. The van der Waals surface area contributed by atoms with Gasteiger partial charge in [-0.25, -0.2) is 0 Å². The van der Waals surface area contributed by atoms with E-state index >= 15 is 0 Å². The van der Waals surface area contributed by atoms with Crippen LogP contribution in [0.2, 0.25) is 0 Å². The van der Waals surface area contributed by atoms with Gasteiger partial charge in [-0.1, -0.05) is 20.8 Å². The van der Waals surface area contributed by atoms with Gasteiger partial charge < -0.3 is 77.3 Å². The first-order valence-electron chi connectivity index (χ1n) is 23.7. The van der Waals surface area contributed by atoms with Crippen molar-refractivity contribution in [3.05, 3.63) is 0 Å². The van der Waals surface area contributed by atoms with Crippen molar-refractivity contribution < 1.29 is 77.3 Å². The van der Waals surface area contributed by atoms with E-state index in [1.54, 1.807) is 28.4 Å². The topological polar surface area (TPSA) is 192 Å². The molecule has 4 heterocycles. The second kappa shape index (κ2) is 33.0. The maximum absolute atomic E-state index is 9.42. The third kappa shape index (κ3) is 17.8. The van der Waals surface area contributed by atoms with Crippen molar-refractivity contribution in [1.82, 2.24) is 0 Å². The number of rotatable bonds is 19. The highest BCUT2D eigenvalue weighted by atomic mass is 16.6. The molecule has 1 unspecified atom stereocenters. The summed E-state index contributed by atoms with van der Waals surface area (Å²) in [5.74, 6) is -0.0285. The fourth-order valence-electron chi connectivity index (χ4n) is 9.32. The lowest BCUT2D eigenvalue weighted by atomic mass is 9.88. The maximum atomic E-state index is 9.42. The lowest BCUT2D eigenvalue weighted by Gasteiger charge is -2.43. The van der Waals surface area contributed by atoms with Gasteiger partial charge in [-0.3, -0.25) is 0 Å².